The molecule has 1 aliphatic rings. The van der Waals surface area contributed by atoms with Crippen LogP contribution in [0.25, 0.3) is 0 Å². The summed E-state index contributed by atoms with van der Waals surface area (Å²) in [7, 11) is 0. The van der Waals surface area contributed by atoms with Crippen molar-refractivity contribution in [3.8, 4) is 11.8 Å². The summed E-state index contributed by atoms with van der Waals surface area (Å²) in [5.41, 5.74) is 1.28. The van der Waals surface area contributed by atoms with Crippen molar-refractivity contribution in [2.75, 3.05) is 0 Å². The largest absolute Gasteiger partial charge is 0.388 e. The number of hydrogen-bond acceptors (Lipinski definition) is 2. The topological polar surface area (TPSA) is 37.3 Å². The van der Waals surface area contributed by atoms with Gasteiger partial charge in [0, 0.05) is 21.0 Å². The number of halogens is 1. The normalized spacial score (nSPS) is 28.9. The van der Waals surface area contributed by atoms with E-state index in [-0.39, 0.29) is 17.1 Å². The molecular formula is C19H25IO2. The average molecular weight is 412 g/mol. The third kappa shape index (κ3) is 4.11. The van der Waals surface area contributed by atoms with Gasteiger partial charge in [0.15, 0.2) is 5.78 Å². The Bertz CT molecular complexity index is 574. The van der Waals surface area contributed by atoms with Gasteiger partial charge in [-0.05, 0) is 61.3 Å². The lowest BCUT2D eigenvalue weighted by Crippen LogP contribution is -2.36. The molecule has 0 amide bonds. The van der Waals surface area contributed by atoms with Gasteiger partial charge in [0.05, 0.1) is 6.10 Å². The number of rotatable bonds is 5. The van der Waals surface area contributed by atoms with Crippen molar-refractivity contribution in [3.63, 3.8) is 0 Å². The summed E-state index contributed by atoms with van der Waals surface area (Å²) in [4.78, 5) is 12.6. The van der Waals surface area contributed by atoms with Gasteiger partial charge in [0.2, 0.25) is 0 Å². The van der Waals surface area contributed by atoms with E-state index >= 15 is 0 Å². The smallest absolute Gasteiger partial charge is 0.185 e. The lowest BCUT2D eigenvalue weighted by Gasteiger charge is -2.40. The molecule has 0 aromatic carbocycles. The highest BCUT2D eigenvalue weighted by Gasteiger charge is 2.41. The fraction of sp³-hybridized carbons (Fsp3) is 0.526. The SMILES string of the molecule is C=C[C@]1(C)C(I)=C(C(=O)/C=C(\C)CCC#CC)[C@@H](O)C[C@H]1C. The van der Waals surface area contributed by atoms with Crippen LogP contribution in [0.4, 0.5) is 0 Å². The van der Waals surface area contributed by atoms with Crippen molar-refractivity contribution in [2.24, 2.45) is 11.3 Å². The van der Waals surface area contributed by atoms with Gasteiger partial charge in [0.1, 0.15) is 0 Å². The van der Waals surface area contributed by atoms with E-state index in [0.29, 0.717) is 12.0 Å². The summed E-state index contributed by atoms with van der Waals surface area (Å²) in [6.45, 7) is 11.8. The molecule has 3 atom stereocenters. The average Bonchev–Trinajstić information content (AvgIpc) is 2.45. The number of aliphatic hydroxyl groups is 1. The third-order valence-corrected chi connectivity index (χ3v) is 6.27. The van der Waals surface area contributed by atoms with Crippen molar-refractivity contribution in [1.82, 2.24) is 0 Å². The molecule has 0 spiro atoms. The Balaban J connectivity index is 3.10. The van der Waals surface area contributed by atoms with Crippen LogP contribution in [0.15, 0.2) is 33.5 Å². The zero-order chi connectivity index (χ0) is 16.9. The molecule has 120 valence electrons. The quantitative estimate of drug-likeness (QED) is 0.311. The van der Waals surface area contributed by atoms with Crippen molar-refractivity contribution in [1.29, 1.82) is 0 Å². The first kappa shape index (κ1) is 19.2. The second-order valence-corrected chi connectivity index (χ2v) is 7.23. The second kappa shape index (κ2) is 8.12. The zero-order valence-corrected chi connectivity index (χ0v) is 16.0. The van der Waals surface area contributed by atoms with Gasteiger partial charge in [0.25, 0.3) is 0 Å². The molecule has 0 saturated heterocycles. The Morgan fingerprint density at radius 2 is 2.23 bits per heavy atom. The van der Waals surface area contributed by atoms with Gasteiger partial charge in [-0.3, -0.25) is 4.79 Å². The zero-order valence-electron chi connectivity index (χ0n) is 13.9. The minimum Gasteiger partial charge on any atom is -0.388 e. The van der Waals surface area contributed by atoms with Crippen LogP contribution in [0.3, 0.4) is 0 Å². The number of allylic oxidation sites excluding steroid dienone is 4. The number of ketones is 1. The maximum Gasteiger partial charge on any atom is 0.185 e. The highest BCUT2D eigenvalue weighted by atomic mass is 127. The molecule has 0 fully saturated rings. The molecular weight excluding hydrogens is 387 g/mol. The molecule has 0 saturated carbocycles. The van der Waals surface area contributed by atoms with E-state index in [4.69, 9.17) is 0 Å². The molecule has 22 heavy (non-hydrogen) atoms. The maximum absolute atomic E-state index is 12.6. The van der Waals surface area contributed by atoms with E-state index in [1.807, 2.05) is 19.9 Å². The minimum atomic E-state index is -0.693. The molecule has 0 aromatic heterocycles. The minimum absolute atomic E-state index is 0.0844. The van der Waals surface area contributed by atoms with Gasteiger partial charge >= 0.3 is 0 Å². The van der Waals surface area contributed by atoms with Gasteiger partial charge in [-0.25, -0.2) is 0 Å². The molecule has 1 rings (SSSR count). The Morgan fingerprint density at radius 1 is 1.59 bits per heavy atom. The van der Waals surface area contributed by atoms with Gasteiger partial charge in [-0.1, -0.05) is 25.5 Å². The second-order valence-electron chi connectivity index (χ2n) is 6.15. The maximum atomic E-state index is 12.6. The molecule has 0 radical (unpaired) electrons. The van der Waals surface area contributed by atoms with Crippen molar-refractivity contribution >= 4 is 28.4 Å². The number of hydrogen-bond donors (Lipinski definition) is 1. The van der Waals surface area contributed by atoms with Crippen LogP contribution in [-0.2, 0) is 4.79 Å². The van der Waals surface area contributed by atoms with Crippen LogP contribution in [0, 0.1) is 23.2 Å². The van der Waals surface area contributed by atoms with Gasteiger partial charge in [-0.2, -0.15) is 0 Å². The molecule has 0 aromatic rings. The van der Waals surface area contributed by atoms with Crippen LogP contribution in [0.1, 0.15) is 47.0 Å². The standard InChI is InChI=1S/C19H25IO2/c1-6-8-9-10-13(3)11-15(21)17-16(22)12-14(4)19(5,7-2)18(17)20/h7,11,14,16,22H,2,9-10,12H2,1,3-5H3/b13-11+/t14-,16+,19+/m1/s1. The Kier molecular flexibility index (Phi) is 7.08. The molecule has 0 bridgehead atoms. The Labute approximate surface area is 147 Å². The van der Waals surface area contributed by atoms with E-state index in [9.17, 15) is 9.90 Å². The summed E-state index contributed by atoms with van der Waals surface area (Å²) >= 11 is 2.20. The van der Waals surface area contributed by atoms with Crippen LogP contribution < -0.4 is 0 Å². The van der Waals surface area contributed by atoms with Crippen molar-refractivity contribution in [3.05, 3.63) is 33.5 Å². The van der Waals surface area contributed by atoms with Crippen LogP contribution in [0.2, 0.25) is 0 Å². The Morgan fingerprint density at radius 3 is 2.77 bits per heavy atom. The summed E-state index contributed by atoms with van der Waals surface area (Å²) in [6, 6.07) is 0. The fourth-order valence-corrected chi connectivity index (χ4v) is 4.05. The fourth-order valence-electron chi connectivity index (χ4n) is 2.67. The molecule has 1 aliphatic carbocycles. The predicted molar refractivity (Wildman–Crippen MR) is 101 cm³/mol. The highest BCUT2D eigenvalue weighted by Crippen LogP contribution is 2.49. The van der Waals surface area contributed by atoms with Crippen LogP contribution >= 0.6 is 22.6 Å². The van der Waals surface area contributed by atoms with E-state index in [2.05, 4.69) is 54.9 Å². The third-order valence-electron chi connectivity index (χ3n) is 4.53. The van der Waals surface area contributed by atoms with E-state index < -0.39 is 6.10 Å². The van der Waals surface area contributed by atoms with E-state index in [1.165, 1.54) is 0 Å². The highest BCUT2D eigenvalue weighted by molar-refractivity contribution is 14.1. The molecule has 0 unspecified atom stereocenters. The van der Waals surface area contributed by atoms with E-state index in [0.717, 1.165) is 22.0 Å². The molecule has 2 nitrogen and oxygen atoms in total. The van der Waals surface area contributed by atoms with E-state index in [1.54, 1.807) is 6.08 Å². The van der Waals surface area contributed by atoms with Gasteiger partial charge < -0.3 is 5.11 Å². The summed E-state index contributed by atoms with van der Waals surface area (Å²) < 4.78 is 0.911. The lowest BCUT2D eigenvalue weighted by molar-refractivity contribution is -0.112. The first-order valence-corrected chi connectivity index (χ1v) is 8.68. The van der Waals surface area contributed by atoms with Crippen LogP contribution in [0.5, 0.6) is 0 Å². The monoisotopic (exact) mass is 412 g/mol. The molecule has 1 N–H and O–H groups in total. The molecule has 3 heteroatoms. The summed E-state index contributed by atoms with van der Waals surface area (Å²) in [6.07, 6.45) is 4.97. The number of carbonyl (C=O) groups excluding carboxylic acids is 1. The summed E-state index contributed by atoms with van der Waals surface area (Å²) in [5.74, 6) is 6.03. The van der Waals surface area contributed by atoms with Crippen molar-refractivity contribution in [2.45, 2.75) is 53.1 Å². The number of aliphatic hydroxyl groups excluding tert-OH is 1. The lowest BCUT2D eigenvalue weighted by atomic mass is 9.69. The predicted octanol–water partition coefficient (Wildman–Crippen LogP) is 4.59. The first-order chi connectivity index (χ1) is 10.3. The Hall–Kier alpha value is -0.860. The van der Waals surface area contributed by atoms with Crippen LogP contribution in [-0.4, -0.2) is 17.0 Å². The summed E-state index contributed by atoms with van der Waals surface area (Å²) in [5, 5.41) is 10.4. The van der Waals surface area contributed by atoms with Gasteiger partial charge in [-0.15, -0.1) is 18.4 Å². The molecule has 0 aliphatic heterocycles. The van der Waals surface area contributed by atoms with Crippen molar-refractivity contribution < 1.29 is 9.90 Å². The first-order valence-electron chi connectivity index (χ1n) is 7.60. The molecule has 0 heterocycles. The number of carbonyl (C=O) groups is 1.